The van der Waals surface area contributed by atoms with Crippen molar-refractivity contribution in [1.29, 1.82) is 0 Å². The number of ether oxygens (including phenoxy) is 5. The molecule has 0 amide bonds. The van der Waals surface area contributed by atoms with Gasteiger partial charge in [-0.3, -0.25) is 0 Å². The summed E-state index contributed by atoms with van der Waals surface area (Å²) in [5, 5.41) is 29.1. The number of rotatable bonds is 21. The van der Waals surface area contributed by atoms with Gasteiger partial charge in [-0.2, -0.15) is 0 Å². The normalized spacial score (nSPS) is 11.2. The van der Waals surface area contributed by atoms with Crippen molar-refractivity contribution in [3.63, 3.8) is 0 Å². The number of esters is 5. The first-order chi connectivity index (χ1) is 30.7. The second kappa shape index (κ2) is 22.1. The summed E-state index contributed by atoms with van der Waals surface area (Å²) in [5.41, 5.74) is -8.94. The molecule has 350 valence electrons. The predicted octanol–water partition coefficient (Wildman–Crippen LogP) is -2.56. The SMILES string of the molecule is CCCn1c(=O)n(CCO)c(=O)n(CCOC(=O)c2ccc(C(=O)OCCn3c(=O)n(CCOC(=O)c4cc(O)cc(C(=O)OC)c4)c(=O)n(CCOC(=O)C(C)(C)O)c3=O)cc2)c1=O. The number of carbonyl (C=O) groups is 5. The van der Waals surface area contributed by atoms with E-state index in [1.807, 2.05) is 0 Å². The van der Waals surface area contributed by atoms with Gasteiger partial charge in [0.2, 0.25) is 0 Å². The summed E-state index contributed by atoms with van der Waals surface area (Å²) < 4.78 is 28.9. The molecule has 25 nitrogen and oxygen atoms in total. The molecule has 2 heterocycles. The highest BCUT2D eigenvalue weighted by Gasteiger charge is 2.26. The fourth-order valence-corrected chi connectivity index (χ4v) is 5.89. The van der Waals surface area contributed by atoms with Crippen molar-refractivity contribution < 1.29 is 63.0 Å². The van der Waals surface area contributed by atoms with E-state index in [2.05, 4.69) is 4.74 Å². The van der Waals surface area contributed by atoms with Crippen molar-refractivity contribution in [2.45, 2.75) is 72.1 Å². The first-order valence-electron chi connectivity index (χ1n) is 19.7. The zero-order valence-electron chi connectivity index (χ0n) is 35.6. The van der Waals surface area contributed by atoms with Crippen LogP contribution in [0.25, 0.3) is 0 Å². The van der Waals surface area contributed by atoms with E-state index in [9.17, 15) is 68.1 Å². The Kier molecular flexibility index (Phi) is 17.0. The van der Waals surface area contributed by atoms with Gasteiger partial charge in [0.05, 0.1) is 68.7 Å². The average Bonchev–Trinajstić information content (AvgIpc) is 3.27. The molecule has 4 aromatic rings. The van der Waals surface area contributed by atoms with Gasteiger partial charge in [0.25, 0.3) is 0 Å². The number of phenolic OH excluding ortho intramolecular Hbond substituents is 1. The van der Waals surface area contributed by atoms with Crippen molar-refractivity contribution in [2.24, 2.45) is 0 Å². The molecule has 0 fully saturated rings. The number of aromatic nitrogens is 6. The molecule has 0 radical (unpaired) electrons. The quantitative estimate of drug-likeness (QED) is 0.0572. The molecule has 4 rings (SSSR count). The number of nitrogens with zero attached hydrogens (tertiary/aromatic N) is 6. The van der Waals surface area contributed by atoms with Gasteiger partial charge in [-0.05, 0) is 62.7 Å². The van der Waals surface area contributed by atoms with Gasteiger partial charge in [0.1, 0.15) is 32.2 Å². The van der Waals surface area contributed by atoms with Crippen LogP contribution in [0.3, 0.4) is 0 Å². The van der Waals surface area contributed by atoms with E-state index in [0.29, 0.717) is 29.3 Å². The summed E-state index contributed by atoms with van der Waals surface area (Å²) in [4.78, 5) is 141. The van der Waals surface area contributed by atoms with Crippen molar-refractivity contribution >= 4 is 29.8 Å². The lowest BCUT2D eigenvalue weighted by molar-refractivity contribution is -0.162. The summed E-state index contributed by atoms with van der Waals surface area (Å²) in [5.74, 6) is -5.37. The largest absolute Gasteiger partial charge is 0.508 e. The van der Waals surface area contributed by atoms with E-state index >= 15 is 0 Å². The van der Waals surface area contributed by atoms with Crippen LogP contribution in [0.4, 0.5) is 0 Å². The summed E-state index contributed by atoms with van der Waals surface area (Å²) >= 11 is 0. The monoisotopic (exact) mass is 914 g/mol. The number of hydrogen-bond acceptors (Lipinski definition) is 19. The maximum Gasteiger partial charge on any atom is 0.338 e. The van der Waals surface area contributed by atoms with Gasteiger partial charge in [0, 0.05) is 6.54 Å². The lowest BCUT2D eigenvalue weighted by Gasteiger charge is -2.17. The van der Waals surface area contributed by atoms with E-state index in [1.54, 1.807) is 6.92 Å². The summed E-state index contributed by atoms with van der Waals surface area (Å²) in [6.07, 6.45) is 0.395. The van der Waals surface area contributed by atoms with Crippen molar-refractivity contribution in [1.82, 2.24) is 27.4 Å². The molecule has 0 aliphatic carbocycles. The number of aromatic hydroxyl groups is 1. The van der Waals surface area contributed by atoms with Gasteiger partial charge < -0.3 is 39.0 Å². The fourth-order valence-electron chi connectivity index (χ4n) is 5.89. The minimum Gasteiger partial charge on any atom is -0.508 e. The van der Waals surface area contributed by atoms with Crippen molar-refractivity contribution in [2.75, 3.05) is 40.1 Å². The Morgan fingerprint density at radius 2 is 0.831 bits per heavy atom. The maximum atomic E-state index is 13.5. The third-order valence-corrected chi connectivity index (χ3v) is 9.16. The summed E-state index contributed by atoms with van der Waals surface area (Å²) in [7, 11) is 1.08. The smallest absolute Gasteiger partial charge is 0.338 e. The van der Waals surface area contributed by atoms with Crippen LogP contribution < -0.4 is 34.1 Å². The highest BCUT2D eigenvalue weighted by molar-refractivity contribution is 5.96. The van der Waals surface area contributed by atoms with Crippen molar-refractivity contribution in [3.05, 3.63) is 128 Å². The minimum absolute atomic E-state index is 0.00420. The molecule has 0 saturated carbocycles. The van der Waals surface area contributed by atoms with E-state index < -0.39 is 135 Å². The molecule has 2 aromatic carbocycles. The van der Waals surface area contributed by atoms with Crippen LogP contribution in [0.15, 0.2) is 71.2 Å². The molecule has 0 saturated heterocycles. The van der Waals surface area contributed by atoms with Gasteiger partial charge in [-0.1, -0.05) is 6.92 Å². The van der Waals surface area contributed by atoms with Crippen LogP contribution in [0.5, 0.6) is 5.75 Å². The van der Waals surface area contributed by atoms with Gasteiger partial charge >= 0.3 is 64.0 Å². The Morgan fingerprint density at radius 3 is 1.17 bits per heavy atom. The highest BCUT2D eigenvalue weighted by Crippen LogP contribution is 2.17. The third-order valence-electron chi connectivity index (χ3n) is 9.16. The van der Waals surface area contributed by atoms with Crippen molar-refractivity contribution in [3.8, 4) is 5.75 Å². The second-order valence-corrected chi connectivity index (χ2v) is 14.3. The number of hydrogen-bond donors (Lipinski definition) is 3. The van der Waals surface area contributed by atoms with E-state index in [0.717, 1.165) is 43.7 Å². The Labute approximate surface area is 365 Å². The number of benzene rings is 2. The third kappa shape index (κ3) is 12.3. The molecule has 0 aliphatic rings. The van der Waals surface area contributed by atoms with Crippen LogP contribution in [0.1, 0.15) is 68.6 Å². The van der Waals surface area contributed by atoms with Crippen LogP contribution >= 0.6 is 0 Å². The predicted molar refractivity (Wildman–Crippen MR) is 220 cm³/mol. The minimum atomic E-state index is -1.92. The molecular weight excluding hydrogens is 868 g/mol. The first kappa shape index (κ1) is 50.0. The fraction of sp³-hybridized carbons (Fsp3) is 0.425. The number of methoxy groups -OCH3 is 1. The highest BCUT2D eigenvalue weighted by atomic mass is 16.6. The molecule has 0 aliphatic heterocycles. The molecular formula is C40H46N6O19. The zero-order valence-corrected chi connectivity index (χ0v) is 35.6. The molecule has 0 atom stereocenters. The number of aliphatic hydroxyl groups is 2. The topological polar surface area (TPSA) is 324 Å². The molecule has 0 spiro atoms. The Balaban J connectivity index is 1.45. The first-order valence-corrected chi connectivity index (χ1v) is 19.7. The second-order valence-electron chi connectivity index (χ2n) is 14.3. The van der Waals surface area contributed by atoms with E-state index in [-0.39, 0.29) is 35.3 Å². The maximum absolute atomic E-state index is 13.5. The average molecular weight is 915 g/mol. The number of phenols is 1. The van der Waals surface area contributed by atoms with E-state index in [4.69, 9.17) is 18.9 Å². The van der Waals surface area contributed by atoms with Crippen LogP contribution in [-0.2, 0) is 67.7 Å². The Hall–Kier alpha value is -7.67. The number of aliphatic hydroxyl groups excluding tert-OH is 1. The van der Waals surface area contributed by atoms with Gasteiger partial charge in [-0.15, -0.1) is 0 Å². The molecule has 0 bridgehead atoms. The van der Waals surface area contributed by atoms with E-state index in [1.165, 1.54) is 24.3 Å². The molecule has 0 unspecified atom stereocenters. The Bertz CT molecular complexity index is 2760. The molecule has 3 N–H and O–H groups in total. The van der Waals surface area contributed by atoms with Gasteiger partial charge in [0.15, 0.2) is 5.60 Å². The zero-order chi connectivity index (χ0) is 48.2. The summed E-state index contributed by atoms with van der Waals surface area (Å²) in [6, 6.07) is 7.90. The Morgan fingerprint density at radius 1 is 0.508 bits per heavy atom. The van der Waals surface area contributed by atoms with Crippen LogP contribution in [0.2, 0.25) is 0 Å². The lowest BCUT2D eigenvalue weighted by atomic mass is 10.1. The van der Waals surface area contributed by atoms with Gasteiger partial charge in [-0.25, -0.2) is 80.1 Å². The number of carbonyl (C=O) groups excluding carboxylic acids is 5. The standard InChI is InChI=1S/C40H46N6O19/c1-5-10-41-34(54)42(11-16-47)36(56)43(35(41)55)12-17-62-30(50)24-6-8-25(9-7-24)31(51)63-18-13-44-37(57)45(39(59)46(38(44)58)15-20-65-33(53)40(2,3)60)14-19-64-32(52)27-21-26(29(49)61-4)22-28(48)23-27/h6-9,21-23,47-48,60H,5,10-20H2,1-4H3. The lowest BCUT2D eigenvalue weighted by Crippen LogP contribution is -2.55. The molecule has 65 heavy (non-hydrogen) atoms. The molecule has 25 heteroatoms. The van der Waals surface area contributed by atoms with Crippen LogP contribution in [-0.4, -0.2) is 118 Å². The molecule has 2 aromatic heterocycles. The van der Waals surface area contributed by atoms with Crippen LogP contribution in [0, 0.1) is 0 Å². The summed E-state index contributed by atoms with van der Waals surface area (Å²) in [6.45, 7) is -1.53.